The Balaban J connectivity index is 2.91. The summed E-state index contributed by atoms with van der Waals surface area (Å²) in [7, 11) is 0. The van der Waals surface area contributed by atoms with Crippen LogP contribution in [0.15, 0.2) is 29.3 Å². The van der Waals surface area contributed by atoms with Crippen molar-refractivity contribution in [2.75, 3.05) is 6.26 Å². The van der Waals surface area contributed by atoms with Gasteiger partial charge in [0.15, 0.2) is 11.4 Å². The summed E-state index contributed by atoms with van der Waals surface area (Å²) >= 11 is 1.36. The van der Waals surface area contributed by atoms with Crippen LogP contribution in [0, 0.1) is 11.5 Å². The van der Waals surface area contributed by atoms with E-state index >= 15 is 0 Å². The van der Waals surface area contributed by atoms with Crippen molar-refractivity contribution in [3.63, 3.8) is 0 Å². The highest BCUT2D eigenvalue weighted by atomic mass is 32.2. The fourth-order valence-corrected chi connectivity index (χ4v) is 1.36. The van der Waals surface area contributed by atoms with Gasteiger partial charge in [-0.25, -0.2) is 4.99 Å². The van der Waals surface area contributed by atoms with E-state index in [-0.39, 0.29) is 6.61 Å². The van der Waals surface area contributed by atoms with Gasteiger partial charge < -0.3 is 5.11 Å². The number of nitrogens with one attached hydrogen (secondary N) is 1. The lowest BCUT2D eigenvalue weighted by Crippen LogP contribution is -2.12. The third-order valence-corrected chi connectivity index (χ3v) is 2.26. The number of aliphatic hydroxyl groups excluding tert-OH is 1. The zero-order valence-electron chi connectivity index (χ0n) is 8.27. The zero-order chi connectivity index (χ0) is 11.1. The number of rotatable bonds is 2. The fourth-order valence-electron chi connectivity index (χ4n) is 1.01. The zero-order valence-corrected chi connectivity index (χ0v) is 9.08. The van der Waals surface area contributed by atoms with E-state index in [1.807, 2.05) is 30.6 Å². The van der Waals surface area contributed by atoms with Crippen LogP contribution < -0.4 is 5.32 Å². The van der Waals surface area contributed by atoms with Gasteiger partial charge in [-0.1, -0.05) is 23.9 Å². The highest BCUT2D eigenvalue weighted by molar-refractivity contribution is 8.13. The van der Waals surface area contributed by atoms with Gasteiger partial charge in [0.1, 0.15) is 0 Å². The number of amidine groups is 1. The smallest absolute Gasteiger partial charge is 0.183 e. The van der Waals surface area contributed by atoms with Crippen LogP contribution in [-0.2, 0) is 6.61 Å². The van der Waals surface area contributed by atoms with Crippen molar-refractivity contribution in [2.45, 2.75) is 6.61 Å². The molecule has 78 valence electrons. The number of aliphatic hydroxyl groups is 1. The maximum Gasteiger partial charge on any atom is 0.183 e. The molecule has 1 rings (SSSR count). The van der Waals surface area contributed by atoms with Crippen LogP contribution in [-0.4, -0.2) is 16.5 Å². The predicted octanol–water partition coefficient (Wildman–Crippen LogP) is 1.60. The number of hydrogen-bond acceptors (Lipinski definition) is 4. The van der Waals surface area contributed by atoms with Gasteiger partial charge in [0.2, 0.25) is 0 Å². The molecule has 0 fully saturated rings. The molecule has 2 N–H and O–H groups in total. The molecule has 0 heterocycles. The Morgan fingerprint density at radius 3 is 3.07 bits per heavy atom. The van der Waals surface area contributed by atoms with Crippen LogP contribution in [0.3, 0.4) is 0 Å². The summed E-state index contributed by atoms with van der Waals surface area (Å²) in [5.41, 5.74) is 1.52. The van der Waals surface area contributed by atoms with E-state index in [0.717, 1.165) is 5.56 Å². The van der Waals surface area contributed by atoms with E-state index in [4.69, 9.17) is 10.4 Å². The Bertz CT molecular complexity index is 398. The number of hydrogen-bond donors (Lipinski definition) is 2. The number of nitriles is 1. The summed E-state index contributed by atoms with van der Waals surface area (Å²) in [6.45, 7) is -0.0103. The molecule has 0 spiro atoms. The van der Waals surface area contributed by atoms with Crippen molar-refractivity contribution in [1.29, 1.82) is 5.26 Å². The van der Waals surface area contributed by atoms with Crippen molar-refractivity contribution >= 4 is 22.6 Å². The van der Waals surface area contributed by atoms with Crippen molar-refractivity contribution < 1.29 is 5.11 Å². The van der Waals surface area contributed by atoms with Crippen LogP contribution in [0.1, 0.15) is 5.56 Å². The quantitative estimate of drug-likeness (QED) is 0.344. The first-order chi connectivity index (χ1) is 7.30. The summed E-state index contributed by atoms with van der Waals surface area (Å²) in [6, 6.07) is 7.22. The molecule has 5 heteroatoms. The molecule has 0 atom stereocenters. The summed E-state index contributed by atoms with van der Waals surface area (Å²) in [6.07, 6.45) is 3.65. The predicted molar refractivity (Wildman–Crippen MR) is 61.7 cm³/mol. The van der Waals surface area contributed by atoms with Crippen LogP contribution in [0.5, 0.6) is 0 Å². The minimum absolute atomic E-state index is 0.0103. The van der Waals surface area contributed by atoms with Crippen molar-refractivity contribution in [2.24, 2.45) is 4.99 Å². The maximum absolute atomic E-state index is 8.94. The molecule has 4 nitrogen and oxygen atoms in total. The van der Waals surface area contributed by atoms with Gasteiger partial charge in [-0.2, -0.15) is 5.26 Å². The molecule has 0 radical (unpaired) electrons. The minimum Gasteiger partial charge on any atom is -0.392 e. The summed E-state index contributed by atoms with van der Waals surface area (Å²) in [4.78, 5) is 4.21. The van der Waals surface area contributed by atoms with E-state index in [2.05, 4.69) is 10.3 Å². The molecule has 0 saturated carbocycles. The average molecular weight is 221 g/mol. The molecular weight excluding hydrogens is 210 g/mol. The first kappa shape index (κ1) is 11.6. The highest BCUT2D eigenvalue weighted by Crippen LogP contribution is 2.15. The Labute approximate surface area is 92.6 Å². The van der Waals surface area contributed by atoms with Crippen LogP contribution in [0.25, 0.3) is 0 Å². The molecule has 0 aromatic heterocycles. The monoisotopic (exact) mass is 221 g/mol. The van der Waals surface area contributed by atoms with Gasteiger partial charge in [0, 0.05) is 0 Å². The van der Waals surface area contributed by atoms with Crippen molar-refractivity contribution in [3.8, 4) is 6.19 Å². The van der Waals surface area contributed by atoms with Crippen molar-refractivity contribution in [3.05, 3.63) is 29.8 Å². The molecule has 0 aliphatic rings. The lowest BCUT2D eigenvalue weighted by Gasteiger charge is -2.01. The second-order valence-corrected chi connectivity index (χ2v) is 3.48. The molecule has 1 aromatic rings. The highest BCUT2D eigenvalue weighted by Gasteiger charge is 1.97. The first-order valence-electron chi connectivity index (χ1n) is 4.27. The molecule has 0 bridgehead atoms. The third kappa shape index (κ3) is 3.62. The number of benzene rings is 1. The molecule has 0 aliphatic heterocycles. The average Bonchev–Trinajstić information content (AvgIpc) is 2.29. The largest absolute Gasteiger partial charge is 0.392 e. The molecule has 0 saturated heterocycles. The summed E-state index contributed by atoms with van der Waals surface area (Å²) in [5.74, 6) is 0. The van der Waals surface area contributed by atoms with Gasteiger partial charge in [-0.05, 0) is 24.0 Å². The lowest BCUT2D eigenvalue weighted by molar-refractivity contribution is 0.282. The summed E-state index contributed by atoms with van der Waals surface area (Å²) in [5, 5.41) is 20.4. The normalized spacial score (nSPS) is 10.9. The van der Waals surface area contributed by atoms with Gasteiger partial charge in [-0.15, -0.1) is 0 Å². The Kier molecular flexibility index (Phi) is 4.68. The number of thioether (sulfide) groups is 1. The molecule has 0 aliphatic carbocycles. The first-order valence-corrected chi connectivity index (χ1v) is 5.50. The number of nitrogens with zero attached hydrogens (tertiary/aromatic N) is 2. The SMILES string of the molecule is CSC(=Nc1cccc(CO)c1)NC#N. The maximum atomic E-state index is 8.94. The van der Waals surface area contributed by atoms with E-state index in [1.54, 1.807) is 6.07 Å². The summed E-state index contributed by atoms with van der Waals surface area (Å²) < 4.78 is 0. The third-order valence-electron chi connectivity index (χ3n) is 1.68. The van der Waals surface area contributed by atoms with Gasteiger partial charge in [0.05, 0.1) is 12.3 Å². The van der Waals surface area contributed by atoms with Gasteiger partial charge in [-0.3, -0.25) is 5.32 Å². The van der Waals surface area contributed by atoms with E-state index in [1.165, 1.54) is 11.8 Å². The van der Waals surface area contributed by atoms with Crippen LogP contribution in [0.2, 0.25) is 0 Å². The standard InChI is InChI=1S/C10H11N3OS/c1-15-10(12-7-11)13-9-4-2-3-8(5-9)6-14/h2-5,14H,6H2,1H3,(H,12,13). The second kappa shape index (κ2) is 6.06. The van der Waals surface area contributed by atoms with Gasteiger partial charge >= 0.3 is 0 Å². The van der Waals surface area contributed by atoms with Crippen molar-refractivity contribution in [1.82, 2.24) is 5.32 Å². The van der Waals surface area contributed by atoms with E-state index in [0.29, 0.717) is 10.9 Å². The number of aliphatic imine (C=N–C) groups is 1. The van der Waals surface area contributed by atoms with E-state index in [9.17, 15) is 0 Å². The Morgan fingerprint density at radius 2 is 2.47 bits per heavy atom. The van der Waals surface area contributed by atoms with E-state index < -0.39 is 0 Å². The molecule has 0 amide bonds. The topological polar surface area (TPSA) is 68.4 Å². The fraction of sp³-hybridized carbons (Fsp3) is 0.200. The van der Waals surface area contributed by atoms with Crippen LogP contribution >= 0.6 is 11.8 Å². The molecule has 15 heavy (non-hydrogen) atoms. The Morgan fingerprint density at radius 1 is 1.67 bits per heavy atom. The molecule has 1 aromatic carbocycles. The lowest BCUT2D eigenvalue weighted by atomic mass is 10.2. The van der Waals surface area contributed by atoms with Gasteiger partial charge in [0.25, 0.3) is 0 Å². The molecular formula is C10H11N3OS. The minimum atomic E-state index is -0.0103. The van der Waals surface area contributed by atoms with Crippen LogP contribution in [0.4, 0.5) is 5.69 Å². The Hall–Kier alpha value is -1.51. The molecule has 0 unspecified atom stereocenters. The second-order valence-electron chi connectivity index (χ2n) is 2.69.